The van der Waals surface area contributed by atoms with Gasteiger partial charge in [-0.3, -0.25) is 0 Å². The van der Waals surface area contributed by atoms with E-state index in [0.29, 0.717) is 0 Å². The number of fused-ring (bicyclic) bond motifs is 10. The van der Waals surface area contributed by atoms with Gasteiger partial charge in [0.2, 0.25) is 0 Å². The van der Waals surface area contributed by atoms with Crippen molar-refractivity contribution in [3.05, 3.63) is 279 Å². The molecule has 0 N–H and O–H groups in total. The molecule has 78 heavy (non-hydrogen) atoms. The van der Waals surface area contributed by atoms with Crippen LogP contribution in [0.15, 0.2) is 288 Å². The number of hydrogen-bond donors (Lipinski definition) is 0. The van der Waals surface area contributed by atoms with Gasteiger partial charge >= 0.3 is 0 Å². The van der Waals surface area contributed by atoms with Crippen LogP contribution in [0.1, 0.15) is 0 Å². The van der Waals surface area contributed by atoms with Crippen LogP contribution in [0, 0.1) is 0 Å². The highest BCUT2D eigenvalue weighted by atomic mass is 16.3. The molecule has 0 bridgehead atoms. The lowest BCUT2D eigenvalue weighted by Gasteiger charge is -2.19. The third-order valence-corrected chi connectivity index (χ3v) is 16.3. The topological polar surface area (TPSA) is 26.3 Å². The Kier molecular flexibility index (Phi) is 9.98. The maximum absolute atomic E-state index is 6.81. The Morgan fingerprint density at radius 1 is 0.167 bits per heavy atom. The minimum atomic E-state index is 0.871. The van der Waals surface area contributed by atoms with Gasteiger partial charge in [-0.2, -0.15) is 0 Å². The quantitative estimate of drug-likeness (QED) is 0.149. The highest BCUT2D eigenvalue weighted by molar-refractivity contribution is 6.28. The zero-order valence-corrected chi connectivity index (χ0v) is 42.4. The summed E-state index contributed by atoms with van der Waals surface area (Å²) in [6.45, 7) is 0. The first kappa shape index (κ1) is 44.1. The van der Waals surface area contributed by atoms with Crippen LogP contribution in [0.4, 0.5) is 0 Å². The van der Waals surface area contributed by atoms with Crippen LogP contribution in [0.5, 0.6) is 0 Å². The average Bonchev–Trinajstić information content (AvgIpc) is 4.24. The van der Waals surface area contributed by atoms with Crippen LogP contribution in [0.3, 0.4) is 0 Å². The Morgan fingerprint density at radius 2 is 0.513 bits per heavy atom. The van der Waals surface area contributed by atoms with E-state index in [2.05, 4.69) is 279 Å². The second-order valence-corrected chi connectivity index (χ2v) is 20.5. The molecule has 0 saturated heterocycles. The predicted molar refractivity (Wildman–Crippen MR) is 329 cm³/mol. The van der Waals surface area contributed by atoms with E-state index < -0.39 is 0 Å². The molecule has 0 fully saturated rings. The molecule has 0 aliphatic rings. The Balaban J connectivity index is 0.872. The molecule has 2 nitrogen and oxygen atoms in total. The van der Waals surface area contributed by atoms with E-state index >= 15 is 0 Å². The molecule has 0 atom stereocenters. The van der Waals surface area contributed by atoms with Crippen molar-refractivity contribution < 1.29 is 8.83 Å². The summed E-state index contributed by atoms with van der Waals surface area (Å²) in [5, 5.41) is 14.2. The molecule has 0 radical (unpaired) electrons. The lowest BCUT2D eigenvalue weighted by Crippen LogP contribution is -1.92. The van der Waals surface area contributed by atoms with Crippen LogP contribution in [-0.2, 0) is 0 Å². The molecular weight excluding hydrogens is 945 g/mol. The maximum Gasteiger partial charge on any atom is 0.136 e. The highest BCUT2D eigenvalue weighted by Gasteiger charge is 2.24. The smallest absolute Gasteiger partial charge is 0.136 e. The van der Waals surface area contributed by atoms with Gasteiger partial charge in [0.1, 0.15) is 22.3 Å². The Labute approximate surface area is 450 Å². The van der Waals surface area contributed by atoms with Crippen molar-refractivity contribution in [2.75, 3.05) is 0 Å². The Morgan fingerprint density at radius 3 is 1.05 bits per heavy atom. The summed E-state index contributed by atoms with van der Waals surface area (Å²) in [7, 11) is 0. The SMILES string of the molecule is c1ccc(-c2ccc3oc4cccc(-c5c6ccccc6c(-c6ccccc6)c6cc(-c7ccc(-c8cccc9oc%10cccc(-c%11c%12ccccc%12c(-c%12ccccc%12)c%12ccccc%11%12)c%10c89)cc7)ccc56)c4c3c2)cc1. The van der Waals surface area contributed by atoms with Crippen LogP contribution in [-0.4, -0.2) is 0 Å². The number of furan rings is 2. The van der Waals surface area contributed by atoms with Gasteiger partial charge in [-0.05, 0) is 157 Å². The first-order chi connectivity index (χ1) is 38.7. The van der Waals surface area contributed by atoms with E-state index in [1.165, 1.54) is 82.0 Å². The van der Waals surface area contributed by atoms with Crippen LogP contribution in [0.25, 0.3) is 165 Å². The molecule has 14 aromatic carbocycles. The van der Waals surface area contributed by atoms with Crippen molar-refractivity contribution in [1.29, 1.82) is 0 Å². The van der Waals surface area contributed by atoms with E-state index in [9.17, 15) is 0 Å². The minimum Gasteiger partial charge on any atom is -0.456 e. The molecule has 0 spiro atoms. The van der Waals surface area contributed by atoms with Gasteiger partial charge in [-0.25, -0.2) is 0 Å². The predicted octanol–water partition coefficient (Wildman–Crippen LogP) is 21.8. The maximum atomic E-state index is 6.81. The second-order valence-electron chi connectivity index (χ2n) is 20.5. The van der Waals surface area contributed by atoms with Crippen LogP contribution in [0.2, 0.25) is 0 Å². The fourth-order valence-corrected chi connectivity index (χ4v) is 12.9. The number of hydrogen-bond acceptors (Lipinski definition) is 2. The van der Waals surface area contributed by atoms with Crippen molar-refractivity contribution in [3.63, 3.8) is 0 Å². The molecule has 16 rings (SSSR count). The molecule has 2 heterocycles. The molecule has 0 saturated carbocycles. The molecule has 0 unspecified atom stereocenters. The number of rotatable bonds is 7. The number of benzene rings is 14. The fraction of sp³-hybridized carbons (Fsp3) is 0. The van der Waals surface area contributed by atoms with E-state index in [4.69, 9.17) is 8.83 Å². The highest BCUT2D eigenvalue weighted by Crippen LogP contribution is 2.51. The van der Waals surface area contributed by atoms with Crippen molar-refractivity contribution in [1.82, 2.24) is 0 Å². The lowest BCUT2D eigenvalue weighted by molar-refractivity contribution is 0.668. The molecule has 362 valence electrons. The van der Waals surface area contributed by atoms with E-state index in [0.717, 1.165) is 82.8 Å². The summed E-state index contributed by atoms with van der Waals surface area (Å²) in [5.41, 5.74) is 20.0. The summed E-state index contributed by atoms with van der Waals surface area (Å²) in [6, 6.07) is 101. The third-order valence-electron chi connectivity index (χ3n) is 16.3. The van der Waals surface area contributed by atoms with Crippen molar-refractivity contribution in [2.24, 2.45) is 0 Å². The van der Waals surface area contributed by atoms with Crippen molar-refractivity contribution in [3.8, 4) is 77.9 Å². The molecule has 0 amide bonds. The van der Waals surface area contributed by atoms with Gasteiger partial charge in [-0.15, -0.1) is 0 Å². The monoisotopic (exact) mass is 990 g/mol. The normalized spacial score (nSPS) is 11.8. The lowest BCUT2D eigenvalue weighted by atomic mass is 9.83. The Bertz CT molecular complexity index is 4990. The molecule has 0 aliphatic heterocycles. The van der Waals surface area contributed by atoms with Crippen molar-refractivity contribution in [2.45, 2.75) is 0 Å². The van der Waals surface area contributed by atoms with E-state index in [1.807, 2.05) is 0 Å². The first-order valence-electron chi connectivity index (χ1n) is 26.8. The summed E-state index contributed by atoms with van der Waals surface area (Å²) in [4.78, 5) is 0. The van der Waals surface area contributed by atoms with Gasteiger partial charge in [0.25, 0.3) is 0 Å². The van der Waals surface area contributed by atoms with Gasteiger partial charge in [0.15, 0.2) is 0 Å². The summed E-state index contributed by atoms with van der Waals surface area (Å²) >= 11 is 0. The molecule has 0 aliphatic carbocycles. The summed E-state index contributed by atoms with van der Waals surface area (Å²) < 4.78 is 13.5. The van der Waals surface area contributed by atoms with E-state index in [1.54, 1.807) is 0 Å². The second kappa shape index (κ2) is 17.7. The fourth-order valence-electron chi connectivity index (χ4n) is 12.9. The average molecular weight is 991 g/mol. The van der Waals surface area contributed by atoms with Gasteiger partial charge in [0, 0.05) is 21.5 Å². The molecule has 2 aromatic heterocycles. The van der Waals surface area contributed by atoms with Gasteiger partial charge in [0.05, 0.1) is 0 Å². The molecular formula is C76H46O2. The van der Waals surface area contributed by atoms with Gasteiger partial charge < -0.3 is 8.83 Å². The van der Waals surface area contributed by atoms with E-state index in [-0.39, 0.29) is 0 Å². The zero-order chi connectivity index (χ0) is 51.3. The largest absolute Gasteiger partial charge is 0.456 e. The third kappa shape index (κ3) is 6.83. The summed E-state index contributed by atoms with van der Waals surface area (Å²) in [6.07, 6.45) is 0. The van der Waals surface area contributed by atoms with Crippen molar-refractivity contribution >= 4 is 87.0 Å². The minimum absolute atomic E-state index is 0.871. The van der Waals surface area contributed by atoms with Crippen LogP contribution < -0.4 is 0 Å². The standard InChI is InChI=1S/C76H46O2/c1-4-19-47(20-5-1)53-42-44-66-65(46-53)74-62(32-17-34-67(74)77-66)73-60-30-15-12-27-57(60)71(51-23-8-3-9-24-51)64-45-52(41-43-61(64)73)48-37-39-49(40-38-48)54-31-16-35-68-75(54)76-63(33-18-36-69(76)78-68)72-58-28-13-10-25-55(58)70(50-21-6-2-7-22-50)56-26-11-14-29-59(56)72/h1-46H. The van der Waals surface area contributed by atoms with Crippen LogP contribution >= 0.6 is 0 Å². The molecule has 2 heteroatoms. The summed E-state index contributed by atoms with van der Waals surface area (Å²) in [5.74, 6) is 0. The molecule has 16 aromatic rings. The zero-order valence-electron chi connectivity index (χ0n) is 42.4. The Hall–Kier alpha value is -10.3. The first-order valence-corrected chi connectivity index (χ1v) is 26.8. The van der Waals surface area contributed by atoms with Gasteiger partial charge in [-0.1, -0.05) is 243 Å².